The molecule has 1 heterocycles. The summed E-state index contributed by atoms with van der Waals surface area (Å²) in [5, 5.41) is 1.15. The molecular formula is C18H18N2O3S. The Kier molecular flexibility index (Phi) is 4.40. The van der Waals surface area contributed by atoms with Crippen LogP contribution in [0.1, 0.15) is 31.2 Å². The molecule has 2 aromatic carbocycles. The highest BCUT2D eigenvalue weighted by atomic mass is 32.2. The van der Waals surface area contributed by atoms with Crippen LogP contribution in [0.5, 0.6) is 0 Å². The Labute approximate surface area is 141 Å². The minimum absolute atomic E-state index is 0.173. The van der Waals surface area contributed by atoms with Crippen LogP contribution in [0.15, 0.2) is 58.4 Å². The fourth-order valence-electron chi connectivity index (χ4n) is 2.19. The first-order chi connectivity index (χ1) is 11.4. The summed E-state index contributed by atoms with van der Waals surface area (Å²) in [6, 6.07) is 14.3. The van der Waals surface area contributed by atoms with Crippen molar-refractivity contribution >= 4 is 32.9 Å². The molecule has 0 aliphatic carbocycles. The maximum absolute atomic E-state index is 12.2. The molecule has 0 amide bonds. The molecular weight excluding hydrogens is 324 g/mol. The van der Waals surface area contributed by atoms with Gasteiger partial charge in [-0.25, -0.2) is 13.4 Å². The topological polar surface area (TPSA) is 72.2 Å². The van der Waals surface area contributed by atoms with E-state index in [2.05, 4.69) is 9.71 Å². The van der Waals surface area contributed by atoms with E-state index < -0.39 is 10.0 Å². The molecule has 0 fully saturated rings. The van der Waals surface area contributed by atoms with Gasteiger partial charge in [0.2, 0.25) is 0 Å². The predicted octanol–water partition coefficient (Wildman–Crippen LogP) is 4.36. The molecule has 3 rings (SSSR count). The van der Waals surface area contributed by atoms with E-state index in [1.165, 1.54) is 0 Å². The predicted molar refractivity (Wildman–Crippen MR) is 96.1 cm³/mol. The van der Waals surface area contributed by atoms with Gasteiger partial charge in [0.05, 0.1) is 11.1 Å². The van der Waals surface area contributed by atoms with Crippen molar-refractivity contribution in [3.63, 3.8) is 0 Å². The monoisotopic (exact) mass is 342 g/mol. The molecule has 0 unspecified atom stereocenters. The van der Waals surface area contributed by atoms with Gasteiger partial charge in [0.25, 0.3) is 10.0 Å². The van der Waals surface area contributed by atoms with Crippen LogP contribution >= 0.6 is 0 Å². The first-order valence-electron chi connectivity index (χ1n) is 7.59. The standard InChI is InChI=1S/C18H18N2O3S/c1-13(2)18-19-16-12-15(8-9-17(16)23-18)20-24(21,22)11-10-14-6-4-3-5-7-14/h3-13,20H,1-2H3/b11-10+. The number of aromatic nitrogens is 1. The highest BCUT2D eigenvalue weighted by molar-refractivity contribution is 7.95. The van der Waals surface area contributed by atoms with Crippen LogP contribution in [0.3, 0.4) is 0 Å². The smallest absolute Gasteiger partial charge is 0.255 e. The highest BCUT2D eigenvalue weighted by Gasteiger charge is 2.11. The first kappa shape index (κ1) is 16.3. The summed E-state index contributed by atoms with van der Waals surface area (Å²) in [6.45, 7) is 3.98. The largest absolute Gasteiger partial charge is 0.440 e. The van der Waals surface area contributed by atoms with Gasteiger partial charge in [-0.15, -0.1) is 0 Å². The summed E-state index contributed by atoms with van der Waals surface area (Å²) >= 11 is 0. The lowest BCUT2D eigenvalue weighted by atomic mass is 10.2. The van der Waals surface area contributed by atoms with Crippen molar-refractivity contribution in [1.29, 1.82) is 0 Å². The van der Waals surface area contributed by atoms with Gasteiger partial charge in [-0.2, -0.15) is 0 Å². The normalized spacial score (nSPS) is 12.3. The Morgan fingerprint density at radius 2 is 1.88 bits per heavy atom. The van der Waals surface area contributed by atoms with Gasteiger partial charge in [-0.1, -0.05) is 44.2 Å². The summed E-state index contributed by atoms with van der Waals surface area (Å²) in [5.41, 5.74) is 2.53. The summed E-state index contributed by atoms with van der Waals surface area (Å²) in [6.07, 6.45) is 1.55. The molecule has 124 valence electrons. The van der Waals surface area contributed by atoms with Gasteiger partial charge in [0.15, 0.2) is 11.5 Å². The third-order valence-corrected chi connectivity index (χ3v) is 4.41. The summed E-state index contributed by atoms with van der Waals surface area (Å²) in [5.74, 6) is 0.806. The second-order valence-corrected chi connectivity index (χ2v) is 7.32. The van der Waals surface area contributed by atoms with Crippen molar-refractivity contribution in [2.24, 2.45) is 0 Å². The third kappa shape index (κ3) is 3.83. The van der Waals surface area contributed by atoms with Crippen LogP contribution in [-0.4, -0.2) is 13.4 Å². The molecule has 0 saturated carbocycles. The molecule has 1 N–H and O–H groups in total. The molecule has 5 nitrogen and oxygen atoms in total. The van der Waals surface area contributed by atoms with Crippen molar-refractivity contribution in [3.05, 3.63) is 65.4 Å². The average molecular weight is 342 g/mol. The lowest BCUT2D eigenvalue weighted by Gasteiger charge is -2.03. The van der Waals surface area contributed by atoms with Crippen LogP contribution in [0.25, 0.3) is 17.2 Å². The van der Waals surface area contributed by atoms with Crippen LogP contribution in [0.2, 0.25) is 0 Å². The van der Waals surface area contributed by atoms with E-state index in [4.69, 9.17) is 4.42 Å². The van der Waals surface area contributed by atoms with Crippen molar-refractivity contribution in [3.8, 4) is 0 Å². The van der Waals surface area contributed by atoms with E-state index in [0.29, 0.717) is 22.7 Å². The summed E-state index contributed by atoms with van der Waals surface area (Å²) in [7, 11) is -3.60. The number of hydrogen-bond donors (Lipinski definition) is 1. The van der Waals surface area contributed by atoms with Gasteiger partial charge in [-0.3, -0.25) is 4.72 Å². The number of nitrogens with one attached hydrogen (secondary N) is 1. The third-order valence-electron chi connectivity index (χ3n) is 3.40. The molecule has 0 aliphatic heterocycles. The van der Waals surface area contributed by atoms with Crippen molar-refractivity contribution < 1.29 is 12.8 Å². The zero-order valence-electron chi connectivity index (χ0n) is 13.4. The number of anilines is 1. The number of rotatable bonds is 5. The zero-order valence-corrected chi connectivity index (χ0v) is 14.2. The van der Waals surface area contributed by atoms with E-state index >= 15 is 0 Å². The second-order valence-electron chi connectivity index (χ2n) is 5.75. The molecule has 3 aromatic rings. The maximum Gasteiger partial charge on any atom is 0.255 e. The molecule has 0 saturated heterocycles. The number of hydrogen-bond acceptors (Lipinski definition) is 4. The first-order valence-corrected chi connectivity index (χ1v) is 9.14. The Bertz CT molecular complexity index is 974. The average Bonchev–Trinajstić information content (AvgIpc) is 2.97. The van der Waals surface area contributed by atoms with E-state index in [1.807, 2.05) is 44.2 Å². The molecule has 6 heteroatoms. The molecule has 1 aromatic heterocycles. The fourth-order valence-corrected chi connectivity index (χ4v) is 3.05. The van der Waals surface area contributed by atoms with Gasteiger partial charge < -0.3 is 4.42 Å². The van der Waals surface area contributed by atoms with E-state index in [0.717, 1.165) is 11.0 Å². The second kappa shape index (κ2) is 6.49. The van der Waals surface area contributed by atoms with E-state index in [-0.39, 0.29) is 5.92 Å². The van der Waals surface area contributed by atoms with Crippen molar-refractivity contribution in [1.82, 2.24) is 4.98 Å². The summed E-state index contributed by atoms with van der Waals surface area (Å²) in [4.78, 5) is 4.38. The van der Waals surface area contributed by atoms with Gasteiger partial charge in [-0.05, 0) is 29.8 Å². The lowest BCUT2D eigenvalue weighted by Crippen LogP contribution is -2.08. The minimum Gasteiger partial charge on any atom is -0.440 e. The molecule has 0 atom stereocenters. The van der Waals surface area contributed by atoms with Crippen LogP contribution in [0.4, 0.5) is 5.69 Å². The fraction of sp³-hybridized carbons (Fsp3) is 0.167. The molecule has 0 radical (unpaired) electrons. The Morgan fingerprint density at radius 1 is 1.12 bits per heavy atom. The molecule has 24 heavy (non-hydrogen) atoms. The van der Waals surface area contributed by atoms with Crippen LogP contribution < -0.4 is 4.72 Å². The van der Waals surface area contributed by atoms with E-state index in [1.54, 1.807) is 24.3 Å². The Balaban J connectivity index is 1.81. The zero-order chi connectivity index (χ0) is 17.2. The minimum atomic E-state index is -3.60. The summed E-state index contributed by atoms with van der Waals surface area (Å²) < 4.78 is 32.5. The number of fused-ring (bicyclic) bond motifs is 1. The highest BCUT2D eigenvalue weighted by Crippen LogP contribution is 2.24. The molecule has 0 bridgehead atoms. The molecule has 0 aliphatic rings. The lowest BCUT2D eigenvalue weighted by molar-refractivity contribution is 0.501. The Hall–Kier alpha value is -2.60. The number of benzene rings is 2. The van der Waals surface area contributed by atoms with Crippen molar-refractivity contribution in [2.45, 2.75) is 19.8 Å². The van der Waals surface area contributed by atoms with E-state index in [9.17, 15) is 8.42 Å². The number of nitrogens with zero attached hydrogens (tertiary/aromatic N) is 1. The number of sulfonamides is 1. The quantitative estimate of drug-likeness (QED) is 0.747. The van der Waals surface area contributed by atoms with Crippen molar-refractivity contribution in [2.75, 3.05) is 4.72 Å². The van der Waals surface area contributed by atoms with Crippen LogP contribution in [-0.2, 0) is 10.0 Å². The Morgan fingerprint density at radius 3 is 2.58 bits per heavy atom. The number of oxazole rings is 1. The van der Waals surface area contributed by atoms with Gasteiger partial charge in [0.1, 0.15) is 5.52 Å². The van der Waals surface area contributed by atoms with Crippen LogP contribution in [0, 0.1) is 0 Å². The SMILES string of the molecule is CC(C)c1nc2cc(NS(=O)(=O)/C=C/c3ccccc3)ccc2o1. The molecule has 0 spiro atoms. The maximum atomic E-state index is 12.2. The van der Waals surface area contributed by atoms with Gasteiger partial charge >= 0.3 is 0 Å². The van der Waals surface area contributed by atoms with Gasteiger partial charge in [0, 0.05) is 5.92 Å².